The lowest BCUT2D eigenvalue weighted by atomic mass is 10.1. The second kappa shape index (κ2) is 12.9. The number of carboxylic acids is 2. The molecule has 228 valence electrons. The first-order valence-corrected chi connectivity index (χ1v) is 11.8. The highest BCUT2D eigenvalue weighted by Crippen LogP contribution is 2.32. The van der Waals surface area contributed by atoms with Crippen molar-refractivity contribution in [2.75, 3.05) is 5.32 Å². The van der Waals surface area contributed by atoms with Gasteiger partial charge in [0.25, 0.3) is 0 Å². The third kappa shape index (κ3) is 8.28. The zero-order chi connectivity index (χ0) is 32.1. The van der Waals surface area contributed by atoms with Crippen molar-refractivity contribution in [3.05, 3.63) is 71.8 Å². The molecule has 19 heteroatoms. The Hall–Kier alpha value is -5.00. The number of fused-ring (bicyclic) bond motifs is 2. The van der Waals surface area contributed by atoms with Gasteiger partial charge in [0.2, 0.25) is 0 Å². The second-order valence-corrected chi connectivity index (χ2v) is 8.66. The standard InChI is InChI=1S/C20H15ClFN7.2C2HF3O2/c1-11(27-20-17-19(24-9-23-17)25-10-26-20)16-18(12-3-2-4-14(22)7-12)29-8-13(21)5-6-15(29)28-16;2*3-2(4,5)1(6)7/h2-11H,1H3,(H2,23,24,25,26,27);2*(H,6,7). The van der Waals surface area contributed by atoms with Crippen molar-refractivity contribution in [2.24, 2.45) is 0 Å². The normalized spacial score (nSPS) is 12.1. The van der Waals surface area contributed by atoms with Gasteiger partial charge in [-0.25, -0.2) is 33.9 Å². The molecule has 11 nitrogen and oxygen atoms in total. The van der Waals surface area contributed by atoms with Crippen LogP contribution in [0.1, 0.15) is 18.7 Å². The number of hydrogen-bond acceptors (Lipinski definition) is 7. The number of carbonyl (C=O) groups is 2. The van der Waals surface area contributed by atoms with E-state index in [-0.39, 0.29) is 11.9 Å². The minimum Gasteiger partial charge on any atom is -0.475 e. The summed E-state index contributed by atoms with van der Waals surface area (Å²) in [4.78, 5) is 38.3. The summed E-state index contributed by atoms with van der Waals surface area (Å²) in [5.74, 6) is -5.25. The third-order valence-electron chi connectivity index (χ3n) is 5.17. The van der Waals surface area contributed by atoms with Crippen LogP contribution in [-0.4, -0.2) is 63.8 Å². The summed E-state index contributed by atoms with van der Waals surface area (Å²) in [7, 11) is 0. The fourth-order valence-corrected chi connectivity index (χ4v) is 3.57. The zero-order valence-corrected chi connectivity index (χ0v) is 22.0. The van der Waals surface area contributed by atoms with Gasteiger partial charge in [-0.05, 0) is 31.2 Å². The third-order valence-corrected chi connectivity index (χ3v) is 5.40. The Balaban J connectivity index is 0.000000303. The van der Waals surface area contributed by atoms with Gasteiger partial charge in [-0.3, -0.25) is 4.40 Å². The average Bonchev–Trinajstić information content (AvgIpc) is 3.53. The van der Waals surface area contributed by atoms with Gasteiger partial charge in [0.15, 0.2) is 11.5 Å². The molecule has 0 aliphatic rings. The van der Waals surface area contributed by atoms with Crippen molar-refractivity contribution >= 4 is 46.2 Å². The molecule has 43 heavy (non-hydrogen) atoms. The number of rotatable bonds is 4. The molecule has 5 aromatic rings. The van der Waals surface area contributed by atoms with Gasteiger partial charge in [0.05, 0.1) is 28.8 Å². The molecular weight excluding hydrogens is 619 g/mol. The van der Waals surface area contributed by atoms with E-state index in [0.29, 0.717) is 33.2 Å². The number of hydrogen-bond donors (Lipinski definition) is 4. The maximum absolute atomic E-state index is 14.0. The maximum Gasteiger partial charge on any atom is 0.490 e. The minimum absolute atomic E-state index is 0.248. The topological polar surface area (TPSA) is 158 Å². The molecular formula is C24H17ClF7N7O4. The molecule has 4 aromatic heterocycles. The van der Waals surface area contributed by atoms with Crippen LogP contribution in [0.15, 0.2) is 55.2 Å². The van der Waals surface area contributed by atoms with Crippen molar-refractivity contribution in [2.45, 2.75) is 25.3 Å². The number of anilines is 1. The number of benzene rings is 1. The number of halogens is 8. The number of aliphatic carboxylic acids is 2. The number of aromatic nitrogens is 6. The first-order valence-electron chi connectivity index (χ1n) is 11.4. The first kappa shape index (κ1) is 32.5. The quantitative estimate of drug-likeness (QED) is 0.176. The van der Waals surface area contributed by atoms with E-state index >= 15 is 0 Å². The summed E-state index contributed by atoms with van der Waals surface area (Å²) in [6.07, 6.45) is -5.36. The lowest BCUT2D eigenvalue weighted by Gasteiger charge is -2.15. The molecule has 0 fully saturated rings. The van der Waals surface area contributed by atoms with Crippen LogP contribution in [0, 0.1) is 5.82 Å². The van der Waals surface area contributed by atoms with E-state index in [9.17, 15) is 30.7 Å². The second-order valence-electron chi connectivity index (χ2n) is 8.23. The van der Waals surface area contributed by atoms with Gasteiger partial charge < -0.3 is 20.5 Å². The summed E-state index contributed by atoms with van der Waals surface area (Å²) < 4.78 is 79.3. The van der Waals surface area contributed by atoms with Crippen molar-refractivity contribution in [3.8, 4) is 11.3 Å². The monoisotopic (exact) mass is 635 g/mol. The Labute approximate surface area is 240 Å². The summed E-state index contributed by atoms with van der Waals surface area (Å²) >= 11 is 6.21. The summed E-state index contributed by atoms with van der Waals surface area (Å²) in [6.45, 7) is 1.97. The molecule has 1 atom stereocenters. The number of imidazole rings is 2. The van der Waals surface area contributed by atoms with Crippen LogP contribution >= 0.6 is 11.6 Å². The average molecular weight is 636 g/mol. The molecule has 0 saturated carbocycles. The highest BCUT2D eigenvalue weighted by Gasteiger charge is 2.38. The smallest absolute Gasteiger partial charge is 0.475 e. The molecule has 0 radical (unpaired) electrons. The number of pyridine rings is 1. The first-order chi connectivity index (χ1) is 20.0. The zero-order valence-electron chi connectivity index (χ0n) is 21.2. The predicted octanol–water partition coefficient (Wildman–Crippen LogP) is 5.90. The van der Waals surface area contributed by atoms with Crippen molar-refractivity contribution in [3.63, 3.8) is 0 Å². The molecule has 0 bridgehead atoms. The molecule has 1 aromatic carbocycles. The van der Waals surface area contributed by atoms with Crippen molar-refractivity contribution in [1.29, 1.82) is 0 Å². The molecule has 0 spiro atoms. The summed E-state index contributed by atoms with van der Waals surface area (Å²) in [5, 5.41) is 18.2. The number of alkyl halides is 6. The highest BCUT2D eigenvalue weighted by atomic mass is 35.5. The van der Waals surface area contributed by atoms with Crippen LogP contribution in [0.5, 0.6) is 0 Å². The van der Waals surface area contributed by atoms with Gasteiger partial charge >= 0.3 is 24.3 Å². The Morgan fingerprint density at radius 3 is 2.21 bits per heavy atom. The fourth-order valence-electron chi connectivity index (χ4n) is 3.41. The van der Waals surface area contributed by atoms with Crippen LogP contribution in [0.3, 0.4) is 0 Å². The van der Waals surface area contributed by atoms with Gasteiger partial charge in [0, 0.05) is 11.8 Å². The largest absolute Gasteiger partial charge is 0.490 e. The number of aromatic amines is 1. The van der Waals surface area contributed by atoms with Crippen LogP contribution < -0.4 is 5.32 Å². The van der Waals surface area contributed by atoms with Gasteiger partial charge in [0.1, 0.15) is 23.3 Å². The van der Waals surface area contributed by atoms with Crippen LogP contribution in [0.4, 0.5) is 36.6 Å². The van der Waals surface area contributed by atoms with Crippen molar-refractivity contribution < 1.29 is 50.5 Å². The Kier molecular flexibility index (Phi) is 9.74. The van der Waals surface area contributed by atoms with E-state index in [1.165, 1.54) is 18.5 Å². The van der Waals surface area contributed by atoms with Crippen LogP contribution in [0.2, 0.25) is 5.02 Å². The van der Waals surface area contributed by atoms with E-state index in [1.807, 2.05) is 23.5 Å². The van der Waals surface area contributed by atoms with E-state index in [0.717, 1.165) is 11.4 Å². The van der Waals surface area contributed by atoms with Crippen LogP contribution in [-0.2, 0) is 9.59 Å². The Bertz CT molecular complexity index is 1730. The molecule has 5 rings (SSSR count). The van der Waals surface area contributed by atoms with Crippen LogP contribution in [0.25, 0.3) is 28.1 Å². The molecule has 1 unspecified atom stereocenters. The lowest BCUT2D eigenvalue weighted by Crippen LogP contribution is -2.21. The minimum atomic E-state index is -5.08. The van der Waals surface area contributed by atoms with E-state index in [4.69, 9.17) is 36.4 Å². The maximum atomic E-state index is 14.0. The van der Waals surface area contributed by atoms with Gasteiger partial charge in [-0.15, -0.1) is 0 Å². The van der Waals surface area contributed by atoms with Crippen molar-refractivity contribution in [1.82, 2.24) is 29.3 Å². The molecule has 0 saturated heterocycles. The molecule has 0 amide bonds. The molecule has 4 heterocycles. The van der Waals surface area contributed by atoms with Gasteiger partial charge in [-0.2, -0.15) is 26.3 Å². The van der Waals surface area contributed by atoms with E-state index in [2.05, 4.69) is 25.3 Å². The molecule has 0 aliphatic heterocycles. The van der Waals surface area contributed by atoms with Gasteiger partial charge in [-0.1, -0.05) is 23.7 Å². The lowest BCUT2D eigenvalue weighted by molar-refractivity contribution is -0.193. The molecule has 4 N–H and O–H groups in total. The SMILES string of the molecule is CC(Nc1ncnc2[nH]cnc12)c1nc2ccc(Cl)cn2c1-c1cccc(F)c1.O=C(O)C(F)(F)F.O=C(O)C(F)(F)F. The fraction of sp³-hybridized carbons (Fsp3) is 0.167. The predicted molar refractivity (Wildman–Crippen MR) is 137 cm³/mol. The van der Waals surface area contributed by atoms with E-state index < -0.39 is 24.3 Å². The summed E-state index contributed by atoms with van der Waals surface area (Å²) in [6, 6.07) is 9.78. The number of nitrogens with zero attached hydrogens (tertiary/aromatic N) is 5. The Morgan fingerprint density at radius 2 is 1.63 bits per heavy atom. The Morgan fingerprint density at radius 1 is 1.00 bits per heavy atom. The number of H-pyrrole nitrogens is 1. The number of nitrogens with one attached hydrogen (secondary N) is 2. The highest BCUT2D eigenvalue weighted by molar-refractivity contribution is 6.30. The number of carboxylic acid groups (broad SMARTS) is 2. The summed E-state index contributed by atoms with van der Waals surface area (Å²) in [5.41, 5.74) is 4.19. The van der Waals surface area contributed by atoms with E-state index in [1.54, 1.807) is 24.7 Å². The molecule has 0 aliphatic carbocycles.